The van der Waals surface area contributed by atoms with Crippen LogP contribution < -0.4 is 5.32 Å². The lowest BCUT2D eigenvalue weighted by molar-refractivity contribution is -0.384. The van der Waals surface area contributed by atoms with Crippen molar-refractivity contribution in [3.63, 3.8) is 0 Å². The molecular formula is C15H14F2N2O2. The van der Waals surface area contributed by atoms with Crippen molar-refractivity contribution in [2.75, 3.05) is 5.32 Å². The van der Waals surface area contributed by atoms with Crippen molar-refractivity contribution >= 4 is 11.4 Å². The summed E-state index contributed by atoms with van der Waals surface area (Å²) in [6.45, 7) is 3.49. The number of nitrogens with one attached hydrogen (secondary N) is 1. The van der Waals surface area contributed by atoms with Crippen LogP contribution in [0.15, 0.2) is 36.4 Å². The van der Waals surface area contributed by atoms with Crippen molar-refractivity contribution in [1.82, 2.24) is 0 Å². The number of anilines is 1. The van der Waals surface area contributed by atoms with Crippen molar-refractivity contribution in [3.05, 3.63) is 69.3 Å². The third kappa shape index (κ3) is 3.53. The van der Waals surface area contributed by atoms with E-state index in [1.54, 1.807) is 26.0 Å². The van der Waals surface area contributed by atoms with Gasteiger partial charge in [-0.25, -0.2) is 8.78 Å². The fourth-order valence-electron chi connectivity index (χ4n) is 2.07. The monoisotopic (exact) mass is 292 g/mol. The van der Waals surface area contributed by atoms with Gasteiger partial charge >= 0.3 is 0 Å². The van der Waals surface area contributed by atoms with Crippen LogP contribution in [-0.4, -0.2) is 4.92 Å². The largest absolute Gasteiger partial charge is 0.373 e. The molecule has 1 N–H and O–H groups in total. The molecule has 0 amide bonds. The summed E-state index contributed by atoms with van der Waals surface area (Å²) < 4.78 is 26.4. The van der Waals surface area contributed by atoms with Crippen LogP contribution in [0.3, 0.4) is 0 Å². The van der Waals surface area contributed by atoms with Gasteiger partial charge in [-0.05, 0) is 43.2 Å². The highest BCUT2D eigenvalue weighted by atomic mass is 19.1. The van der Waals surface area contributed by atoms with E-state index < -0.39 is 22.6 Å². The second kappa shape index (κ2) is 5.87. The first kappa shape index (κ1) is 14.9. The van der Waals surface area contributed by atoms with Gasteiger partial charge in [-0.1, -0.05) is 6.07 Å². The maximum Gasteiger partial charge on any atom is 0.292 e. The van der Waals surface area contributed by atoms with E-state index in [0.29, 0.717) is 11.3 Å². The standard InChI is InChI=1S/C15H14F2N2O2/c1-9-3-4-15(19(20)21)14(5-9)18-10(2)11-6-12(16)8-13(17)7-11/h3-8,10,18H,1-2H3. The summed E-state index contributed by atoms with van der Waals surface area (Å²) >= 11 is 0. The molecule has 0 aliphatic carbocycles. The lowest BCUT2D eigenvalue weighted by Gasteiger charge is -2.16. The van der Waals surface area contributed by atoms with Crippen LogP contribution >= 0.6 is 0 Å². The summed E-state index contributed by atoms with van der Waals surface area (Å²) in [4.78, 5) is 10.5. The van der Waals surface area contributed by atoms with Crippen molar-refractivity contribution in [2.45, 2.75) is 19.9 Å². The summed E-state index contributed by atoms with van der Waals surface area (Å²) in [5, 5.41) is 13.9. The Morgan fingerprint density at radius 2 is 1.76 bits per heavy atom. The zero-order valence-electron chi connectivity index (χ0n) is 11.6. The minimum atomic E-state index is -0.683. The average Bonchev–Trinajstić information content (AvgIpc) is 2.37. The molecule has 1 unspecified atom stereocenters. The number of benzene rings is 2. The third-order valence-corrected chi connectivity index (χ3v) is 3.11. The minimum absolute atomic E-state index is 0.0793. The van der Waals surface area contributed by atoms with E-state index >= 15 is 0 Å². The van der Waals surface area contributed by atoms with E-state index in [1.807, 2.05) is 0 Å². The van der Waals surface area contributed by atoms with Crippen molar-refractivity contribution in [1.29, 1.82) is 0 Å². The summed E-state index contributed by atoms with van der Waals surface area (Å²) in [6, 6.07) is 7.36. The number of hydrogen-bond acceptors (Lipinski definition) is 3. The molecule has 0 aliphatic heterocycles. The lowest BCUT2D eigenvalue weighted by atomic mass is 10.1. The molecule has 2 rings (SSSR count). The van der Waals surface area contributed by atoms with E-state index in [4.69, 9.17) is 0 Å². The van der Waals surface area contributed by atoms with E-state index in [1.165, 1.54) is 18.2 Å². The van der Waals surface area contributed by atoms with Crippen LogP contribution in [0.25, 0.3) is 0 Å². The normalized spacial score (nSPS) is 12.0. The minimum Gasteiger partial charge on any atom is -0.373 e. The highest BCUT2D eigenvalue weighted by molar-refractivity contribution is 5.63. The van der Waals surface area contributed by atoms with Gasteiger partial charge in [0.1, 0.15) is 17.3 Å². The Hall–Kier alpha value is -2.50. The summed E-state index contributed by atoms with van der Waals surface area (Å²) in [6.07, 6.45) is 0. The van der Waals surface area contributed by atoms with Gasteiger partial charge in [0.05, 0.1) is 4.92 Å². The first-order valence-corrected chi connectivity index (χ1v) is 6.34. The Balaban J connectivity index is 2.32. The predicted octanol–water partition coefficient (Wildman–Crippen LogP) is 4.35. The summed E-state index contributed by atoms with van der Waals surface area (Å²) in [5.41, 5.74) is 1.46. The van der Waals surface area contributed by atoms with Gasteiger partial charge in [-0.2, -0.15) is 0 Å². The molecule has 6 heteroatoms. The molecule has 1 atom stereocenters. The number of hydrogen-bond donors (Lipinski definition) is 1. The predicted molar refractivity (Wildman–Crippen MR) is 76.2 cm³/mol. The summed E-state index contributed by atoms with van der Waals surface area (Å²) in [7, 11) is 0. The molecule has 0 saturated heterocycles. The Bertz CT molecular complexity index is 669. The summed E-state index contributed by atoms with van der Waals surface area (Å²) in [5.74, 6) is -1.37. The number of aryl methyl sites for hydroxylation is 1. The molecule has 0 aromatic heterocycles. The smallest absolute Gasteiger partial charge is 0.292 e. The van der Waals surface area contributed by atoms with Crippen molar-refractivity contribution in [3.8, 4) is 0 Å². The van der Waals surface area contributed by atoms with Gasteiger partial charge in [-0.15, -0.1) is 0 Å². The second-order valence-corrected chi connectivity index (χ2v) is 4.85. The zero-order valence-corrected chi connectivity index (χ0v) is 11.6. The van der Waals surface area contributed by atoms with Crippen LogP contribution in [0, 0.1) is 28.7 Å². The van der Waals surface area contributed by atoms with Gasteiger partial charge in [0, 0.05) is 18.2 Å². The van der Waals surface area contributed by atoms with Gasteiger partial charge in [0.2, 0.25) is 0 Å². The Kier molecular flexibility index (Phi) is 4.16. The number of halogens is 2. The number of nitrogens with zero attached hydrogens (tertiary/aromatic N) is 1. The van der Waals surface area contributed by atoms with Gasteiger partial charge in [0.15, 0.2) is 0 Å². The number of rotatable bonds is 4. The maximum atomic E-state index is 13.2. The van der Waals surface area contributed by atoms with E-state index in [0.717, 1.165) is 11.6 Å². The van der Waals surface area contributed by atoms with Crippen molar-refractivity contribution in [2.24, 2.45) is 0 Å². The maximum absolute atomic E-state index is 13.2. The number of nitro groups is 1. The van der Waals surface area contributed by atoms with Gasteiger partial charge in [-0.3, -0.25) is 10.1 Å². The Morgan fingerprint density at radius 3 is 2.33 bits per heavy atom. The molecule has 2 aromatic rings. The third-order valence-electron chi connectivity index (χ3n) is 3.11. The Labute approximate surface area is 120 Å². The highest BCUT2D eigenvalue weighted by Crippen LogP contribution is 2.29. The topological polar surface area (TPSA) is 55.2 Å². The van der Waals surface area contributed by atoms with Crippen LogP contribution in [0.1, 0.15) is 24.1 Å². The molecule has 0 heterocycles. The van der Waals surface area contributed by atoms with Crippen LogP contribution in [0.2, 0.25) is 0 Å². The van der Waals surface area contributed by atoms with Crippen LogP contribution in [-0.2, 0) is 0 Å². The molecule has 110 valence electrons. The highest BCUT2D eigenvalue weighted by Gasteiger charge is 2.16. The molecule has 0 aliphatic rings. The first-order chi connectivity index (χ1) is 9.86. The fourth-order valence-corrected chi connectivity index (χ4v) is 2.07. The molecule has 0 spiro atoms. The van der Waals surface area contributed by atoms with Crippen LogP contribution in [0.4, 0.5) is 20.2 Å². The van der Waals surface area contributed by atoms with E-state index in [-0.39, 0.29) is 5.69 Å². The molecule has 0 saturated carbocycles. The van der Waals surface area contributed by atoms with E-state index in [9.17, 15) is 18.9 Å². The quantitative estimate of drug-likeness (QED) is 0.673. The fraction of sp³-hybridized carbons (Fsp3) is 0.200. The first-order valence-electron chi connectivity index (χ1n) is 6.34. The molecule has 0 radical (unpaired) electrons. The van der Waals surface area contributed by atoms with Gasteiger partial charge < -0.3 is 5.32 Å². The molecule has 4 nitrogen and oxygen atoms in total. The molecule has 21 heavy (non-hydrogen) atoms. The average molecular weight is 292 g/mol. The molecule has 0 fully saturated rings. The zero-order chi connectivity index (χ0) is 15.6. The molecule has 0 bridgehead atoms. The lowest BCUT2D eigenvalue weighted by Crippen LogP contribution is -2.09. The molecule has 2 aromatic carbocycles. The molecular weight excluding hydrogens is 278 g/mol. The van der Waals surface area contributed by atoms with E-state index in [2.05, 4.69) is 5.32 Å². The Morgan fingerprint density at radius 1 is 1.14 bits per heavy atom. The van der Waals surface area contributed by atoms with Crippen molar-refractivity contribution < 1.29 is 13.7 Å². The second-order valence-electron chi connectivity index (χ2n) is 4.85. The van der Waals surface area contributed by atoms with Crippen LogP contribution in [0.5, 0.6) is 0 Å². The van der Waals surface area contributed by atoms with Gasteiger partial charge in [0.25, 0.3) is 5.69 Å². The SMILES string of the molecule is Cc1ccc([N+](=O)[O-])c(NC(C)c2cc(F)cc(F)c2)c1. The number of nitro benzene ring substituents is 1.